The molecule has 0 radical (unpaired) electrons. The molecular weight excluding hydrogens is 510 g/mol. The van der Waals surface area contributed by atoms with Crippen LogP contribution in [-0.2, 0) is 0 Å². The van der Waals surface area contributed by atoms with Crippen molar-refractivity contribution in [1.29, 1.82) is 5.41 Å². The van der Waals surface area contributed by atoms with Crippen molar-refractivity contribution in [3.05, 3.63) is 73.7 Å². The fourth-order valence-electron chi connectivity index (χ4n) is 4.25. The van der Waals surface area contributed by atoms with Crippen LogP contribution in [0, 0.1) is 11.3 Å². The number of rotatable bonds is 7. The summed E-state index contributed by atoms with van der Waals surface area (Å²) in [5.74, 6) is 0.695. The summed E-state index contributed by atoms with van der Waals surface area (Å²) in [6.07, 6.45) is 10.4. The highest BCUT2D eigenvalue weighted by atomic mass is 32.3. The number of aromatic nitrogens is 4. The average molecular weight is 541 g/mol. The lowest BCUT2D eigenvalue weighted by molar-refractivity contribution is 0.506. The second-order valence-electron chi connectivity index (χ2n) is 7.91. The van der Waals surface area contributed by atoms with Gasteiger partial charge in [-0.05, 0) is 55.5 Å². The lowest BCUT2D eigenvalue weighted by Gasteiger charge is -2.21. The molecule has 1 N–H and O–H groups in total. The lowest BCUT2D eigenvalue weighted by atomic mass is 9.86. The van der Waals surface area contributed by atoms with Crippen molar-refractivity contribution >= 4 is 58.8 Å². The van der Waals surface area contributed by atoms with Gasteiger partial charge in [0, 0.05) is 28.8 Å². The summed E-state index contributed by atoms with van der Waals surface area (Å²) >= 11 is -0.434. The van der Waals surface area contributed by atoms with Crippen molar-refractivity contribution in [3.63, 3.8) is 0 Å². The zero-order valence-electron chi connectivity index (χ0n) is 20.9. The van der Waals surface area contributed by atoms with Crippen LogP contribution in [0.3, 0.4) is 0 Å². The molecule has 0 spiro atoms. The summed E-state index contributed by atoms with van der Waals surface area (Å²) < 4.78 is 29.4. The van der Waals surface area contributed by atoms with Crippen molar-refractivity contribution in [2.24, 2.45) is 5.92 Å². The van der Waals surface area contributed by atoms with E-state index in [1.807, 2.05) is 44.2 Å². The predicted molar refractivity (Wildman–Crippen MR) is 155 cm³/mol. The van der Waals surface area contributed by atoms with E-state index in [0.717, 1.165) is 57.0 Å². The highest BCUT2D eigenvalue weighted by molar-refractivity contribution is 8.13. The maximum atomic E-state index is 13.6. The number of pyridine rings is 1. The lowest BCUT2D eigenvalue weighted by Crippen LogP contribution is -2.11. The molecule has 0 aliphatic heterocycles. The molecule has 0 fully saturated rings. The Kier molecular flexibility index (Phi) is 10.6. The number of hydrogen-bond donors (Lipinski definition) is 1. The molecule has 37 heavy (non-hydrogen) atoms. The average Bonchev–Trinajstić information content (AvgIpc) is 3.40. The second-order valence-corrected chi connectivity index (χ2v) is 9.15. The number of allylic oxidation sites excluding steroid dienone is 2. The van der Waals surface area contributed by atoms with Crippen LogP contribution in [0.4, 0.5) is 13.6 Å². The minimum absolute atomic E-state index is 0.217. The molecule has 3 heterocycles. The Hall–Kier alpha value is -3.24. The molecular formula is C27H30F2N6S2. The monoisotopic (exact) mass is 540 g/mol. The van der Waals surface area contributed by atoms with Gasteiger partial charge in [-0.1, -0.05) is 38.1 Å². The molecule has 1 atom stereocenters. The van der Waals surface area contributed by atoms with Crippen LogP contribution in [-0.4, -0.2) is 25.8 Å². The van der Waals surface area contributed by atoms with Gasteiger partial charge in [-0.25, -0.2) is 4.98 Å². The van der Waals surface area contributed by atoms with Crippen LogP contribution < -0.4 is 3.71 Å². The van der Waals surface area contributed by atoms with E-state index in [4.69, 9.17) is 10.4 Å². The summed E-state index contributed by atoms with van der Waals surface area (Å²) in [7, 11) is 0. The first-order valence-electron chi connectivity index (χ1n) is 12.0. The summed E-state index contributed by atoms with van der Waals surface area (Å²) in [5.41, 5.74) is 4.67. The van der Waals surface area contributed by atoms with E-state index in [1.165, 1.54) is 10.7 Å². The van der Waals surface area contributed by atoms with Crippen molar-refractivity contribution in [3.8, 4) is 11.1 Å². The number of anilines is 1. The highest BCUT2D eigenvalue weighted by Gasteiger charge is 2.22. The minimum Gasteiger partial charge on any atom is -0.313 e. The summed E-state index contributed by atoms with van der Waals surface area (Å²) in [6, 6.07) is 11.5. The van der Waals surface area contributed by atoms with Gasteiger partial charge in [0.15, 0.2) is 36.1 Å². The molecule has 1 aromatic carbocycles. The number of fused-ring (bicyclic) bond motifs is 2. The third-order valence-electron chi connectivity index (χ3n) is 5.97. The molecule has 4 aromatic rings. The first-order valence-corrected chi connectivity index (χ1v) is 13.4. The SMILES string of the molecule is C=C.CC.N=CCC1CC=C(c2cc(N(SF)SF)n3ncc(-c4cnc5ccccc5c4)c3n2)CC1. The van der Waals surface area contributed by atoms with Crippen LogP contribution in [0.1, 0.15) is 45.2 Å². The van der Waals surface area contributed by atoms with Crippen molar-refractivity contribution in [2.75, 3.05) is 3.71 Å². The van der Waals surface area contributed by atoms with Crippen LogP contribution in [0.15, 0.2) is 68.0 Å². The molecule has 5 rings (SSSR count). The smallest absolute Gasteiger partial charge is 0.179 e. The van der Waals surface area contributed by atoms with Crippen molar-refractivity contribution in [1.82, 2.24) is 19.6 Å². The number of hydrogen-bond acceptors (Lipinski definition) is 7. The van der Waals surface area contributed by atoms with Gasteiger partial charge in [0.05, 0.1) is 17.4 Å². The second kappa shape index (κ2) is 13.9. The molecule has 3 aromatic heterocycles. The first-order chi connectivity index (χ1) is 18.2. The Morgan fingerprint density at radius 2 is 1.92 bits per heavy atom. The van der Waals surface area contributed by atoms with Gasteiger partial charge in [0.1, 0.15) is 0 Å². The van der Waals surface area contributed by atoms with Gasteiger partial charge in [-0.3, -0.25) is 4.98 Å². The van der Waals surface area contributed by atoms with Gasteiger partial charge in [0.25, 0.3) is 0 Å². The van der Waals surface area contributed by atoms with E-state index in [0.29, 0.717) is 17.3 Å². The van der Waals surface area contributed by atoms with Crippen LogP contribution >= 0.6 is 24.7 Å². The van der Waals surface area contributed by atoms with Crippen LogP contribution in [0.25, 0.3) is 33.3 Å². The molecule has 6 nitrogen and oxygen atoms in total. The first kappa shape index (κ1) is 28.3. The molecule has 1 aliphatic rings. The number of benzene rings is 1. The Labute approximate surface area is 225 Å². The Morgan fingerprint density at radius 1 is 1.16 bits per heavy atom. The molecule has 0 amide bonds. The Bertz CT molecular complexity index is 1370. The largest absolute Gasteiger partial charge is 0.313 e. The fourth-order valence-corrected chi connectivity index (χ4v) is 4.73. The Balaban J connectivity index is 0.000000907. The molecule has 1 unspecified atom stereocenters. The number of nitrogens with zero attached hydrogens (tertiary/aromatic N) is 5. The number of para-hydroxylation sites is 1. The third kappa shape index (κ3) is 6.19. The highest BCUT2D eigenvalue weighted by Crippen LogP contribution is 2.38. The number of nitrogens with one attached hydrogen (secondary N) is 1. The normalized spacial score (nSPS) is 14.7. The minimum atomic E-state index is -0.217. The fraction of sp³-hybridized carbons (Fsp3) is 0.259. The maximum Gasteiger partial charge on any atom is 0.179 e. The summed E-state index contributed by atoms with van der Waals surface area (Å²) in [5, 5.41) is 12.7. The van der Waals surface area contributed by atoms with Gasteiger partial charge in [-0.15, -0.1) is 20.9 Å². The molecule has 194 valence electrons. The van der Waals surface area contributed by atoms with E-state index in [1.54, 1.807) is 18.5 Å². The predicted octanol–water partition coefficient (Wildman–Crippen LogP) is 8.87. The van der Waals surface area contributed by atoms with E-state index >= 15 is 0 Å². The topological polar surface area (TPSA) is 70.2 Å². The van der Waals surface area contributed by atoms with E-state index < -0.39 is 0 Å². The standard InChI is InChI=1S/C23H20F2N6S2.C2H6.C2H4/c24-32-31(33-25)22-12-21(16-7-5-15(6-8-16)9-10-26)29-23-19(14-28-30(22)23)18-11-17-3-1-2-4-20(17)27-13-18;2*1-2/h1-4,7,10-15,26H,5-6,8-9H2;1-2H3;1-2H2. The molecule has 0 saturated carbocycles. The zero-order chi connectivity index (χ0) is 26.8. The molecule has 0 saturated heterocycles. The van der Waals surface area contributed by atoms with Gasteiger partial charge < -0.3 is 5.41 Å². The van der Waals surface area contributed by atoms with Gasteiger partial charge in [0.2, 0.25) is 0 Å². The zero-order valence-corrected chi connectivity index (χ0v) is 22.5. The van der Waals surface area contributed by atoms with Crippen molar-refractivity contribution in [2.45, 2.75) is 39.5 Å². The Morgan fingerprint density at radius 3 is 2.59 bits per heavy atom. The quantitative estimate of drug-likeness (QED) is 0.143. The van der Waals surface area contributed by atoms with Crippen LogP contribution in [0.2, 0.25) is 0 Å². The van der Waals surface area contributed by atoms with Crippen LogP contribution in [0.5, 0.6) is 0 Å². The molecule has 1 aliphatic carbocycles. The van der Waals surface area contributed by atoms with Gasteiger partial charge >= 0.3 is 0 Å². The third-order valence-corrected chi connectivity index (χ3v) is 6.93. The van der Waals surface area contributed by atoms with Crippen molar-refractivity contribution < 1.29 is 7.77 Å². The molecule has 10 heteroatoms. The summed E-state index contributed by atoms with van der Waals surface area (Å²) in [4.78, 5) is 9.41. The number of halogens is 2. The van der Waals surface area contributed by atoms with E-state index in [9.17, 15) is 7.77 Å². The van der Waals surface area contributed by atoms with E-state index in [2.05, 4.69) is 29.3 Å². The van der Waals surface area contributed by atoms with E-state index in [-0.39, 0.29) is 30.5 Å². The maximum absolute atomic E-state index is 13.6. The summed E-state index contributed by atoms with van der Waals surface area (Å²) in [6.45, 7) is 10.0. The van der Waals surface area contributed by atoms with Gasteiger partial charge in [-0.2, -0.15) is 13.3 Å². The molecule has 0 bridgehead atoms.